The molecule has 5 nitrogen and oxygen atoms in total. The highest BCUT2D eigenvalue weighted by Gasteiger charge is 2.33. The van der Waals surface area contributed by atoms with Crippen molar-refractivity contribution in [3.8, 4) is 0 Å². The van der Waals surface area contributed by atoms with E-state index < -0.39 is 11.9 Å². The second-order valence-corrected chi connectivity index (χ2v) is 4.92. The lowest BCUT2D eigenvalue weighted by molar-refractivity contribution is -0.141. The molecule has 10 heteroatoms. The summed E-state index contributed by atoms with van der Waals surface area (Å²) in [5.41, 5.74) is 4.64. The topological polar surface area (TPSA) is 76.7 Å². The number of nitrogens with two attached hydrogens (primary N) is 1. The highest BCUT2D eigenvalue weighted by atomic mass is 32.1. The molecule has 3 N–H and O–H groups in total. The van der Waals surface area contributed by atoms with Gasteiger partial charge in [-0.3, -0.25) is 0 Å². The molecule has 0 saturated heterocycles. The Bertz CT molecular complexity index is 653. The summed E-state index contributed by atoms with van der Waals surface area (Å²) in [6.45, 7) is 1.66. The maximum absolute atomic E-state index is 12.7. The number of hydrogen-bond donors (Lipinski definition) is 2. The Labute approximate surface area is 121 Å². The van der Waals surface area contributed by atoms with Crippen LogP contribution in [0.5, 0.6) is 0 Å². The molecule has 0 aromatic carbocycles. The van der Waals surface area contributed by atoms with E-state index in [1.807, 2.05) is 0 Å². The molecular formula is C10H8F3N5S2. The lowest BCUT2D eigenvalue weighted by atomic mass is 10.2. The highest BCUT2D eigenvalue weighted by molar-refractivity contribution is 7.80. The van der Waals surface area contributed by atoms with Crippen molar-refractivity contribution in [2.75, 3.05) is 5.32 Å². The van der Waals surface area contributed by atoms with Crippen molar-refractivity contribution in [3.63, 3.8) is 0 Å². The van der Waals surface area contributed by atoms with Gasteiger partial charge in [-0.15, -0.1) is 0 Å². The molecule has 0 fully saturated rings. The third kappa shape index (κ3) is 3.20. The van der Waals surface area contributed by atoms with Crippen LogP contribution >= 0.6 is 23.8 Å². The Morgan fingerprint density at radius 3 is 2.55 bits per heavy atom. The summed E-state index contributed by atoms with van der Waals surface area (Å²) in [5, 5.41) is 2.97. The van der Waals surface area contributed by atoms with Gasteiger partial charge in [-0.25, -0.2) is 9.97 Å². The number of thiocarbonyl (C=S) groups is 1. The molecule has 0 aliphatic carbocycles. The summed E-state index contributed by atoms with van der Waals surface area (Å²) in [6, 6.07) is 2.00. The van der Waals surface area contributed by atoms with Gasteiger partial charge in [0.2, 0.25) is 5.13 Å². The average Bonchev–Trinajstić information content (AvgIpc) is 2.73. The van der Waals surface area contributed by atoms with E-state index in [1.54, 1.807) is 6.92 Å². The monoisotopic (exact) mass is 319 g/mol. The first-order valence-corrected chi connectivity index (χ1v) is 6.41. The molecule has 0 saturated carbocycles. The summed E-state index contributed by atoms with van der Waals surface area (Å²) in [5.74, 6) is 0.407. The fraction of sp³-hybridized carbons (Fsp3) is 0.200. The first-order valence-electron chi connectivity index (χ1n) is 5.23. The maximum Gasteiger partial charge on any atom is 0.433 e. The smallest absolute Gasteiger partial charge is 0.389 e. The zero-order valence-electron chi connectivity index (χ0n) is 10.0. The Morgan fingerprint density at radius 2 is 2.05 bits per heavy atom. The summed E-state index contributed by atoms with van der Waals surface area (Å²) in [4.78, 5) is 7.43. The van der Waals surface area contributed by atoms with Gasteiger partial charge < -0.3 is 11.1 Å². The van der Waals surface area contributed by atoms with Crippen LogP contribution in [0.1, 0.15) is 17.1 Å². The van der Waals surface area contributed by atoms with Gasteiger partial charge in [-0.2, -0.15) is 17.5 Å². The molecule has 2 aromatic heterocycles. The van der Waals surface area contributed by atoms with Crippen LogP contribution in [0.4, 0.5) is 24.1 Å². The molecule has 0 radical (unpaired) electrons. The van der Waals surface area contributed by atoms with E-state index in [1.165, 1.54) is 6.07 Å². The van der Waals surface area contributed by atoms with Crippen LogP contribution in [0.25, 0.3) is 0 Å². The third-order valence-electron chi connectivity index (χ3n) is 2.20. The molecule has 0 aliphatic rings. The first-order chi connectivity index (χ1) is 9.27. The number of nitrogens with zero attached hydrogens (tertiary/aromatic N) is 3. The third-order valence-corrected chi connectivity index (χ3v) is 3.15. The van der Waals surface area contributed by atoms with Crippen molar-refractivity contribution in [2.45, 2.75) is 13.1 Å². The molecule has 20 heavy (non-hydrogen) atoms. The van der Waals surface area contributed by atoms with Crippen molar-refractivity contribution < 1.29 is 13.2 Å². The number of aryl methyl sites for hydroxylation is 1. The van der Waals surface area contributed by atoms with Crippen LogP contribution < -0.4 is 11.1 Å². The summed E-state index contributed by atoms with van der Waals surface area (Å²) in [7, 11) is 0. The average molecular weight is 319 g/mol. The number of aromatic nitrogens is 3. The van der Waals surface area contributed by atoms with Crippen LogP contribution in [-0.2, 0) is 6.18 Å². The molecule has 2 heterocycles. The molecule has 0 bridgehead atoms. The molecule has 0 unspecified atom stereocenters. The van der Waals surface area contributed by atoms with E-state index in [-0.39, 0.29) is 16.4 Å². The molecule has 0 amide bonds. The van der Waals surface area contributed by atoms with Gasteiger partial charge >= 0.3 is 6.18 Å². The van der Waals surface area contributed by atoms with Gasteiger partial charge in [-0.1, -0.05) is 12.2 Å². The Kier molecular flexibility index (Phi) is 3.86. The Balaban J connectivity index is 2.44. The van der Waals surface area contributed by atoms with Crippen molar-refractivity contribution in [2.24, 2.45) is 5.73 Å². The summed E-state index contributed by atoms with van der Waals surface area (Å²) < 4.78 is 41.9. The van der Waals surface area contributed by atoms with Gasteiger partial charge in [0.05, 0.1) is 5.56 Å². The molecule has 106 valence electrons. The first kappa shape index (κ1) is 14.6. The fourth-order valence-electron chi connectivity index (χ4n) is 1.36. The van der Waals surface area contributed by atoms with Crippen molar-refractivity contribution >= 4 is 39.7 Å². The Hall–Kier alpha value is -1.81. The SMILES string of the molecule is Cc1nsc(Nc2nc(C(F)(F)F)ccc2C(N)=S)n1. The number of halogens is 3. The van der Waals surface area contributed by atoms with Crippen molar-refractivity contribution in [1.29, 1.82) is 0 Å². The van der Waals surface area contributed by atoms with Gasteiger partial charge in [0.15, 0.2) is 0 Å². The number of alkyl halides is 3. The lowest BCUT2D eigenvalue weighted by Crippen LogP contribution is -2.16. The largest absolute Gasteiger partial charge is 0.433 e. The van der Waals surface area contributed by atoms with Crippen LogP contribution in [0, 0.1) is 6.92 Å². The van der Waals surface area contributed by atoms with E-state index in [0.29, 0.717) is 11.0 Å². The Morgan fingerprint density at radius 1 is 1.35 bits per heavy atom. The highest BCUT2D eigenvalue weighted by Crippen LogP contribution is 2.30. The standard InChI is InChI=1S/C10H8F3N5S2/c1-4-15-9(20-18-4)17-8-5(7(14)19)2-3-6(16-8)10(11,12)13/h2-3H,1H3,(H2,14,19)(H,15,16,17,18). The van der Waals surface area contributed by atoms with E-state index in [4.69, 9.17) is 18.0 Å². The van der Waals surface area contributed by atoms with Crippen LogP contribution in [0.2, 0.25) is 0 Å². The lowest BCUT2D eigenvalue weighted by Gasteiger charge is -2.11. The van der Waals surface area contributed by atoms with Crippen LogP contribution in [-0.4, -0.2) is 19.3 Å². The van der Waals surface area contributed by atoms with Gasteiger partial charge in [0, 0.05) is 11.5 Å². The number of pyridine rings is 1. The van der Waals surface area contributed by atoms with Crippen molar-refractivity contribution in [1.82, 2.24) is 14.3 Å². The summed E-state index contributed by atoms with van der Waals surface area (Å²) in [6.07, 6.45) is -4.55. The minimum absolute atomic E-state index is 0.0602. The number of rotatable bonds is 3. The van der Waals surface area contributed by atoms with Gasteiger partial charge in [0.1, 0.15) is 22.3 Å². The normalized spacial score (nSPS) is 11.4. The molecular weight excluding hydrogens is 311 g/mol. The van der Waals surface area contributed by atoms with Gasteiger partial charge in [-0.05, 0) is 19.1 Å². The van der Waals surface area contributed by atoms with E-state index in [0.717, 1.165) is 17.6 Å². The number of hydrogen-bond acceptors (Lipinski definition) is 6. The van der Waals surface area contributed by atoms with Gasteiger partial charge in [0.25, 0.3) is 0 Å². The zero-order chi connectivity index (χ0) is 14.9. The van der Waals surface area contributed by atoms with Crippen molar-refractivity contribution in [3.05, 3.63) is 29.2 Å². The van der Waals surface area contributed by atoms with E-state index in [2.05, 4.69) is 19.7 Å². The maximum atomic E-state index is 12.7. The fourth-order valence-corrected chi connectivity index (χ4v) is 2.10. The number of anilines is 2. The predicted octanol–water partition coefficient (Wildman–Crippen LogP) is 2.64. The molecule has 2 aromatic rings. The number of nitrogens with one attached hydrogen (secondary N) is 1. The minimum Gasteiger partial charge on any atom is -0.389 e. The second-order valence-electron chi connectivity index (χ2n) is 3.73. The predicted molar refractivity (Wildman–Crippen MR) is 73.1 cm³/mol. The van der Waals surface area contributed by atoms with Crippen LogP contribution in [0.3, 0.4) is 0 Å². The van der Waals surface area contributed by atoms with Crippen LogP contribution in [0.15, 0.2) is 12.1 Å². The minimum atomic E-state index is -4.55. The zero-order valence-corrected chi connectivity index (χ0v) is 11.7. The quantitative estimate of drug-likeness (QED) is 0.847. The molecule has 0 spiro atoms. The molecule has 0 aliphatic heterocycles. The summed E-state index contributed by atoms with van der Waals surface area (Å²) >= 11 is 5.79. The second kappa shape index (κ2) is 5.29. The molecule has 2 rings (SSSR count). The van der Waals surface area contributed by atoms with E-state index in [9.17, 15) is 13.2 Å². The molecule has 0 atom stereocenters. The van der Waals surface area contributed by atoms with E-state index >= 15 is 0 Å².